The topological polar surface area (TPSA) is 91.8 Å². The molecule has 1 unspecified atom stereocenters. The molecule has 0 saturated carbocycles. The van der Waals surface area contributed by atoms with Crippen LogP contribution in [0.4, 0.5) is 0 Å². The molecular formula is C15H24N4O3S. The van der Waals surface area contributed by atoms with Gasteiger partial charge in [0, 0.05) is 26.1 Å². The monoisotopic (exact) mass is 340 g/mol. The van der Waals surface area contributed by atoms with Gasteiger partial charge in [0.1, 0.15) is 11.9 Å². The van der Waals surface area contributed by atoms with Crippen molar-refractivity contribution in [3.05, 3.63) is 29.8 Å². The van der Waals surface area contributed by atoms with E-state index in [9.17, 15) is 8.42 Å². The van der Waals surface area contributed by atoms with Gasteiger partial charge in [0.25, 0.3) is 0 Å². The SMILES string of the molecule is CCNC(=NCC1Cc2ccccc2O1)NCCNS(C)(=O)=O. The van der Waals surface area contributed by atoms with Crippen LogP contribution in [0.25, 0.3) is 0 Å². The third kappa shape index (κ3) is 6.07. The molecule has 2 rings (SSSR count). The molecule has 128 valence electrons. The zero-order valence-corrected chi connectivity index (χ0v) is 14.3. The number of fused-ring (bicyclic) bond motifs is 1. The van der Waals surface area contributed by atoms with Crippen molar-refractivity contribution >= 4 is 16.0 Å². The van der Waals surface area contributed by atoms with Crippen LogP contribution in [0.15, 0.2) is 29.3 Å². The second-order valence-electron chi connectivity index (χ2n) is 5.36. The lowest BCUT2D eigenvalue weighted by atomic mass is 10.1. The lowest BCUT2D eigenvalue weighted by Gasteiger charge is -2.13. The number of nitrogens with one attached hydrogen (secondary N) is 3. The van der Waals surface area contributed by atoms with Crippen LogP contribution in [0.3, 0.4) is 0 Å². The maximum Gasteiger partial charge on any atom is 0.208 e. The largest absolute Gasteiger partial charge is 0.488 e. The van der Waals surface area contributed by atoms with Crippen LogP contribution in [0.1, 0.15) is 12.5 Å². The van der Waals surface area contributed by atoms with Crippen LogP contribution in [0, 0.1) is 0 Å². The molecule has 1 atom stereocenters. The number of rotatable bonds is 7. The van der Waals surface area contributed by atoms with E-state index >= 15 is 0 Å². The van der Waals surface area contributed by atoms with Gasteiger partial charge in [0.05, 0.1) is 12.8 Å². The van der Waals surface area contributed by atoms with E-state index in [1.807, 2.05) is 25.1 Å². The normalized spacial score (nSPS) is 17.5. The molecule has 1 aliphatic rings. The van der Waals surface area contributed by atoms with Crippen molar-refractivity contribution < 1.29 is 13.2 Å². The number of hydrogen-bond acceptors (Lipinski definition) is 4. The molecule has 1 heterocycles. The number of guanidine groups is 1. The summed E-state index contributed by atoms with van der Waals surface area (Å²) < 4.78 is 30.3. The molecule has 1 aromatic rings. The summed E-state index contributed by atoms with van der Waals surface area (Å²) in [5, 5.41) is 6.23. The van der Waals surface area contributed by atoms with E-state index in [-0.39, 0.29) is 6.10 Å². The predicted octanol–water partition coefficient (Wildman–Crippen LogP) is 0.0944. The van der Waals surface area contributed by atoms with E-state index in [2.05, 4.69) is 26.4 Å². The summed E-state index contributed by atoms with van der Waals surface area (Å²) in [6, 6.07) is 8.01. The maximum atomic E-state index is 11.0. The van der Waals surface area contributed by atoms with Gasteiger partial charge in [-0.2, -0.15) is 0 Å². The van der Waals surface area contributed by atoms with E-state index in [1.54, 1.807) is 0 Å². The van der Waals surface area contributed by atoms with Crippen molar-refractivity contribution in [2.24, 2.45) is 4.99 Å². The summed E-state index contributed by atoms with van der Waals surface area (Å²) in [6.45, 7) is 4.04. The zero-order valence-electron chi connectivity index (χ0n) is 13.5. The second-order valence-corrected chi connectivity index (χ2v) is 7.20. The standard InChI is InChI=1S/C15H24N4O3S/c1-3-16-15(17-8-9-19-23(2,20)21)18-11-13-10-12-6-4-5-7-14(12)22-13/h4-7,13,19H,3,8-11H2,1-2H3,(H2,16,17,18). The number of aliphatic imine (C=N–C) groups is 1. The fraction of sp³-hybridized carbons (Fsp3) is 0.533. The molecular weight excluding hydrogens is 316 g/mol. The Morgan fingerprint density at radius 3 is 2.78 bits per heavy atom. The molecule has 1 aromatic carbocycles. The fourth-order valence-corrected chi connectivity index (χ4v) is 2.78. The highest BCUT2D eigenvalue weighted by Crippen LogP contribution is 2.28. The van der Waals surface area contributed by atoms with Crippen LogP contribution in [-0.4, -0.2) is 52.9 Å². The van der Waals surface area contributed by atoms with Gasteiger partial charge in [-0.15, -0.1) is 0 Å². The first kappa shape index (κ1) is 17.6. The molecule has 0 aromatic heterocycles. The highest BCUT2D eigenvalue weighted by molar-refractivity contribution is 7.88. The quantitative estimate of drug-likeness (QED) is 0.372. The van der Waals surface area contributed by atoms with Gasteiger partial charge in [-0.3, -0.25) is 0 Å². The molecule has 0 aliphatic carbocycles. The Balaban J connectivity index is 1.80. The van der Waals surface area contributed by atoms with Gasteiger partial charge in [-0.25, -0.2) is 18.1 Å². The second kappa shape index (κ2) is 8.16. The van der Waals surface area contributed by atoms with Gasteiger partial charge in [0.2, 0.25) is 10.0 Å². The summed E-state index contributed by atoms with van der Waals surface area (Å²) in [4.78, 5) is 4.50. The van der Waals surface area contributed by atoms with Crippen LogP contribution < -0.4 is 20.1 Å². The highest BCUT2D eigenvalue weighted by Gasteiger charge is 2.21. The predicted molar refractivity (Wildman–Crippen MR) is 91.4 cm³/mol. The summed E-state index contributed by atoms with van der Waals surface area (Å²) >= 11 is 0. The average Bonchev–Trinajstić information content (AvgIpc) is 2.90. The lowest BCUT2D eigenvalue weighted by Crippen LogP contribution is -2.42. The van der Waals surface area contributed by atoms with Crippen molar-refractivity contribution in [1.29, 1.82) is 0 Å². The number of ether oxygens (including phenoxy) is 1. The van der Waals surface area contributed by atoms with Crippen LogP contribution >= 0.6 is 0 Å². The highest BCUT2D eigenvalue weighted by atomic mass is 32.2. The molecule has 0 amide bonds. The number of sulfonamides is 1. The minimum Gasteiger partial charge on any atom is -0.488 e. The van der Waals surface area contributed by atoms with Gasteiger partial charge in [0.15, 0.2) is 5.96 Å². The number of para-hydroxylation sites is 1. The van der Waals surface area contributed by atoms with Gasteiger partial charge < -0.3 is 15.4 Å². The first-order chi connectivity index (χ1) is 11.0. The third-order valence-corrected chi connectivity index (χ3v) is 4.02. The van der Waals surface area contributed by atoms with Gasteiger partial charge >= 0.3 is 0 Å². The molecule has 7 nitrogen and oxygen atoms in total. The Morgan fingerprint density at radius 1 is 1.30 bits per heavy atom. The maximum absolute atomic E-state index is 11.0. The summed E-state index contributed by atoms with van der Waals surface area (Å²) in [7, 11) is -3.16. The number of hydrogen-bond donors (Lipinski definition) is 3. The minimum absolute atomic E-state index is 0.0389. The lowest BCUT2D eigenvalue weighted by molar-refractivity contribution is 0.241. The van der Waals surface area contributed by atoms with Crippen molar-refractivity contribution in [2.45, 2.75) is 19.4 Å². The molecule has 0 saturated heterocycles. The third-order valence-electron chi connectivity index (χ3n) is 3.29. The van der Waals surface area contributed by atoms with Crippen molar-refractivity contribution in [3.63, 3.8) is 0 Å². The first-order valence-electron chi connectivity index (χ1n) is 7.69. The summed E-state index contributed by atoms with van der Waals surface area (Å²) in [5.41, 5.74) is 1.21. The van der Waals surface area contributed by atoms with Crippen LogP contribution in [-0.2, 0) is 16.4 Å². The van der Waals surface area contributed by atoms with Crippen LogP contribution in [0.5, 0.6) is 5.75 Å². The Bertz CT molecular complexity index is 621. The number of benzene rings is 1. The fourth-order valence-electron chi connectivity index (χ4n) is 2.31. The molecule has 1 aliphatic heterocycles. The minimum atomic E-state index is -3.16. The average molecular weight is 340 g/mol. The van der Waals surface area contributed by atoms with Gasteiger partial charge in [-0.1, -0.05) is 18.2 Å². The molecule has 8 heteroatoms. The van der Waals surface area contributed by atoms with E-state index in [4.69, 9.17) is 4.74 Å². The Labute approximate surface area is 137 Å². The Hall–Kier alpha value is -1.80. The molecule has 0 radical (unpaired) electrons. The van der Waals surface area contributed by atoms with Crippen molar-refractivity contribution in [1.82, 2.24) is 15.4 Å². The smallest absolute Gasteiger partial charge is 0.208 e. The molecule has 23 heavy (non-hydrogen) atoms. The summed E-state index contributed by atoms with van der Waals surface area (Å²) in [6.07, 6.45) is 2.04. The van der Waals surface area contributed by atoms with E-state index in [0.717, 1.165) is 25.0 Å². The van der Waals surface area contributed by atoms with Crippen molar-refractivity contribution in [3.8, 4) is 5.75 Å². The zero-order chi connectivity index (χ0) is 16.7. The van der Waals surface area contributed by atoms with E-state index in [0.29, 0.717) is 25.6 Å². The molecule has 0 bridgehead atoms. The summed E-state index contributed by atoms with van der Waals surface area (Å²) in [5.74, 6) is 1.59. The molecule has 3 N–H and O–H groups in total. The van der Waals surface area contributed by atoms with E-state index in [1.165, 1.54) is 5.56 Å². The molecule has 0 fully saturated rings. The van der Waals surface area contributed by atoms with E-state index < -0.39 is 10.0 Å². The van der Waals surface area contributed by atoms with Crippen molar-refractivity contribution in [2.75, 3.05) is 32.4 Å². The molecule has 0 spiro atoms. The first-order valence-corrected chi connectivity index (χ1v) is 9.58. The Kier molecular flexibility index (Phi) is 6.23. The number of nitrogens with zero attached hydrogens (tertiary/aromatic N) is 1. The Morgan fingerprint density at radius 2 is 2.09 bits per heavy atom. The van der Waals surface area contributed by atoms with Gasteiger partial charge in [-0.05, 0) is 18.6 Å². The van der Waals surface area contributed by atoms with Crippen LogP contribution in [0.2, 0.25) is 0 Å².